The predicted octanol–water partition coefficient (Wildman–Crippen LogP) is 2.65. The first-order valence-electron chi connectivity index (χ1n) is 9.40. The number of rotatable bonds is 6. The number of hydrogen-bond donors (Lipinski definition) is 2. The Labute approximate surface area is 188 Å². The standard InChI is InChI=1S/C21H25FN4O2.2ClH/c22-17-3-7-19(8-4-17)25-11-13-26(14-12-25)21(28)9-10-24-20(27)15-16-1-5-18(23)6-2-16;;/h1-8H,9-15,23H2,(H,24,27);2*1H. The lowest BCUT2D eigenvalue weighted by molar-refractivity contribution is -0.131. The van der Waals surface area contributed by atoms with E-state index < -0.39 is 0 Å². The zero-order chi connectivity index (χ0) is 19.9. The number of piperazine rings is 1. The number of anilines is 2. The van der Waals surface area contributed by atoms with Crippen LogP contribution in [-0.4, -0.2) is 49.4 Å². The van der Waals surface area contributed by atoms with Gasteiger partial charge in [0, 0.05) is 50.5 Å². The maximum atomic E-state index is 13.0. The molecule has 0 saturated carbocycles. The fourth-order valence-electron chi connectivity index (χ4n) is 3.22. The lowest BCUT2D eigenvalue weighted by atomic mass is 10.1. The van der Waals surface area contributed by atoms with Crippen LogP contribution in [0.3, 0.4) is 0 Å². The fourth-order valence-corrected chi connectivity index (χ4v) is 3.22. The highest BCUT2D eigenvalue weighted by atomic mass is 35.5. The average Bonchev–Trinajstić information content (AvgIpc) is 2.70. The Morgan fingerprint density at radius 2 is 1.53 bits per heavy atom. The van der Waals surface area contributed by atoms with Crippen molar-refractivity contribution < 1.29 is 14.0 Å². The summed E-state index contributed by atoms with van der Waals surface area (Å²) in [5.74, 6) is -0.332. The van der Waals surface area contributed by atoms with Crippen LogP contribution in [0.25, 0.3) is 0 Å². The van der Waals surface area contributed by atoms with Crippen LogP contribution in [-0.2, 0) is 16.0 Å². The molecule has 0 aromatic heterocycles. The molecule has 30 heavy (non-hydrogen) atoms. The van der Waals surface area contributed by atoms with Gasteiger partial charge in [-0.2, -0.15) is 0 Å². The van der Waals surface area contributed by atoms with Gasteiger partial charge in [-0.1, -0.05) is 12.1 Å². The van der Waals surface area contributed by atoms with Gasteiger partial charge in [0.2, 0.25) is 11.8 Å². The Balaban J connectivity index is 0.00000225. The summed E-state index contributed by atoms with van der Waals surface area (Å²) in [7, 11) is 0. The summed E-state index contributed by atoms with van der Waals surface area (Å²) in [5, 5.41) is 2.79. The molecule has 0 aliphatic carbocycles. The van der Waals surface area contributed by atoms with Crippen LogP contribution in [0, 0.1) is 5.82 Å². The van der Waals surface area contributed by atoms with Crippen molar-refractivity contribution in [2.45, 2.75) is 12.8 Å². The first-order valence-corrected chi connectivity index (χ1v) is 9.40. The quantitative estimate of drug-likeness (QED) is 0.654. The van der Waals surface area contributed by atoms with Crippen molar-refractivity contribution in [3.8, 4) is 0 Å². The molecule has 0 bridgehead atoms. The van der Waals surface area contributed by atoms with Crippen molar-refractivity contribution in [3.63, 3.8) is 0 Å². The molecule has 164 valence electrons. The fraction of sp³-hybridized carbons (Fsp3) is 0.333. The number of nitrogen functional groups attached to an aromatic ring is 1. The van der Waals surface area contributed by atoms with Gasteiger partial charge in [0.25, 0.3) is 0 Å². The first kappa shape index (κ1) is 25.5. The van der Waals surface area contributed by atoms with Crippen molar-refractivity contribution in [1.29, 1.82) is 0 Å². The zero-order valence-corrected chi connectivity index (χ0v) is 18.2. The lowest BCUT2D eigenvalue weighted by Gasteiger charge is -2.36. The number of carbonyl (C=O) groups is 2. The Kier molecular flexibility index (Phi) is 10.4. The molecule has 3 rings (SSSR count). The molecule has 0 unspecified atom stereocenters. The molecular weight excluding hydrogens is 430 g/mol. The van der Waals surface area contributed by atoms with Crippen LogP contribution in [0.1, 0.15) is 12.0 Å². The van der Waals surface area contributed by atoms with Crippen molar-refractivity contribution >= 4 is 48.0 Å². The number of nitrogens with one attached hydrogen (secondary N) is 1. The third-order valence-corrected chi connectivity index (χ3v) is 4.83. The summed E-state index contributed by atoms with van der Waals surface area (Å²) in [6.45, 7) is 2.98. The van der Waals surface area contributed by atoms with Gasteiger partial charge in [0.15, 0.2) is 0 Å². The molecule has 2 amide bonds. The summed E-state index contributed by atoms with van der Waals surface area (Å²) in [4.78, 5) is 28.3. The van der Waals surface area contributed by atoms with E-state index in [1.54, 1.807) is 24.3 Å². The second-order valence-corrected chi connectivity index (χ2v) is 6.86. The molecular formula is C21H27Cl2FN4O2. The monoisotopic (exact) mass is 456 g/mol. The second kappa shape index (κ2) is 12.2. The van der Waals surface area contributed by atoms with Crippen LogP contribution >= 0.6 is 24.8 Å². The number of amides is 2. The van der Waals surface area contributed by atoms with E-state index >= 15 is 0 Å². The Bertz CT molecular complexity index is 811. The average molecular weight is 457 g/mol. The smallest absolute Gasteiger partial charge is 0.224 e. The highest BCUT2D eigenvalue weighted by Crippen LogP contribution is 2.17. The van der Waals surface area contributed by atoms with Crippen LogP contribution in [0.4, 0.5) is 15.8 Å². The molecule has 1 aliphatic heterocycles. The molecule has 0 radical (unpaired) electrons. The van der Waals surface area contributed by atoms with E-state index in [0.29, 0.717) is 38.4 Å². The number of nitrogens with zero attached hydrogens (tertiary/aromatic N) is 2. The van der Waals surface area contributed by atoms with Crippen molar-refractivity contribution in [3.05, 3.63) is 59.9 Å². The van der Waals surface area contributed by atoms with E-state index in [2.05, 4.69) is 10.2 Å². The highest BCUT2D eigenvalue weighted by Gasteiger charge is 2.21. The maximum Gasteiger partial charge on any atom is 0.224 e. The maximum absolute atomic E-state index is 13.0. The third-order valence-electron chi connectivity index (χ3n) is 4.83. The molecule has 2 aromatic rings. The summed E-state index contributed by atoms with van der Waals surface area (Å²) in [6.07, 6.45) is 0.550. The van der Waals surface area contributed by atoms with E-state index in [9.17, 15) is 14.0 Å². The van der Waals surface area contributed by atoms with Crippen molar-refractivity contribution in [2.75, 3.05) is 43.4 Å². The van der Waals surface area contributed by atoms with Gasteiger partial charge in [-0.15, -0.1) is 24.8 Å². The largest absolute Gasteiger partial charge is 0.399 e. The third kappa shape index (κ3) is 7.39. The normalized spacial score (nSPS) is 13.1. The van der Waals surface area contributed by atoms with Gasteiger partial charge in [-0.05, 0) is 42.0 Å². The summed E-state index contributed by atoms with van der Waals surface area (Å²) < 4.78 is 13.0. The molecule has 1 saturated heterocycles. The van der Waals surface area contributed by atoms with E-state index in [0.717, 1.165) is 11.3 Å². The van der Waals surface area contributed by atoms with Crippen LogP contribution < -0.4 is 16.0 Å². The minimum atomic E-state index is -0.254. The van der Waals surface area contributed by atoms with Gasteiger partial charge in [0.1, 0.15) is 5.82 Å². The first-order chi connectivity index (χ1) is 13.5. The molecule has 9 heteroatoms. The SMILES string of the molecule is Cl.Cl.Nc1ccc(CC(=O)NCCC(=O)N2CCN(c3ccc(F)cc3)CC2)cc1. The van der Waals surface area contributed by atoms with E-state index in [1.807, 2.05) is 17.0 Å². The molecule has 0 spiro atoms. The summed E-state index contributed by atoms with van der Waals surface area (Å²) >= 11 is 0. The minimum absolute atomic E-state index is 0. The molecule has 6 nitrogen and oxygen atoms in total. The van der Waals surface area contributed by atoms with E-state index in [4.69, 9.17) is 5.73 Å². The molecule has 3 N–H and O–H groups in total. The predicted molar refractivity (Wildman–Crippen MR) is 122 cm³/mol. The number of halogens is 3. The molecule has 0 atom stereocenters. The molecule has 1 aliphatic rings. The lowest BCUT2D eigenvalue weighted by Crippen LogP contribution is -2.49. The van der Waals surface area contributed by atoms with Crippen LogP contribution in [0.15, 0.2) is 48.5 Å². The van der Waals surface area contributed by atoms with Gasteiger partial charge in [-0.25, -0.2) is 4.39 Å². The Hall–Kier alpha value is -2.51. The van der Waals surface area contributed by atoms with E-state index in [-0.39, 0.29) is 55.3 Å². The van der Waals surface area contributed by atoms with Crippen molar-refractivity contribution in [1.82, 2.24) is 10.2 Å². The number of carbonyl (C=O) groups excluding carboxylic acids is 2. The second-order valence-electron chi connectivity index (χ2n) is 6.86. The van der Waals surface area contributed by atoms with Gasteiger partial charge in [0.05, 0.1) is 6.42 Å². The Morgan fingerprint density at radius 1 is 0.933 bits per heavy atom. The van der Waals surface area contributed by atoms with Gasteiger partial charge >= 0.3 is 0 Å². The van der Waals surface area contributed by atoms with Crippen molar-refractivity contribution in [2.24, 2.45) is 0 Å². The van der Waals surface area contributed by atoms with Crippen LogP contribution in [0.5, 0.6) is 0 Å². The topological polar surface area (TPSA) is 78.7 Å². The number of nitrogens with two attached hydrogens (primary N) is 1. The Morgan fingerprint density at radius 3 is 2.13 bits per heavy atom. The van der Waals surface area contributed by atoms with E-state index in [1.165, 1.54) is 12.1 Å². The van der Waals surface area contributed by atoms with Gasteiger partial charge < -0.3 is 20.9 Å². The van der Waals surface area contributed by atoms with Gasteiger partial charge in [-0.3, -0.25) is 9.59 Å². The molecule has 1 fully saturated rings. The molecule has 2 aromatic carbocycles. The number of benzene rings is 2. The summed E-state index contributed by atoms with van der Waals surface area (Å²) in [5.41, 5.74) is 8.14. The highest BCUT2D eigenvalue weighted by molar-refractivity contribution is 5.85. The number of hydrogen-bond acceptors (Lipinski definition) is 4. The molecule has 1 heterocycles. The van der Waals surface area contributed by atoms with Crippen LogP contribution in [0.2, 0.25) is 0 Å². The zero-order valence-electron chi connectivity index (χ0n) is 16.6. The minimum Gasteiger partial charge on any atom is -0.399 e. The summed E-state index contributed by atoms with van der Waals surface area (Å²) in [6, 6.07) is 13.6.